The Morgan fingerprint density at radius 1 is 1.00 bits per heavy atom. The number of phenolic OH excluding ortho intramolecular Hbond substituents is 2. The second-order valence-electron chi connectivity index (χ2n) is 4.35. The van der Waals surface area contributed by atoms with Gasteiger partial charge in [-0.15, -0.1) is 11.3 Å². The molecule has 1 aromatic heterocycles. The largest absolute Gasteiger partial charge is 0.504 e. The average molecular weight is 296 g/mol. The van der Waals surface area contributed by atoms with Crippen LogP contribution >= 0.6 is 11.3 Å². The van der Waals surface area contributed by atoms with Crippen LogP contribution in [0.5, 0.6) is 11.5 Å². The minimum Gasteiger partial charge on any atom is -0.504 e. The summed E-state index contributed by atoms with van der Waals surface area (Å²) in [5.74, 6) is -0.343. The van der Waals surface area contributed by atoms with Crippen molar-refractivity contribution >= 4 is 22.7 Å². The zero-order chi connectivity index (χ0) is 14.7. The molecule has 4 nitrogen and oxygen atoms in total. The van der Waals surface area contributed by atoms with Gasteiger partial charge in [-0.05, 0) is 12.1 Å². The summed E-state index contributed by atoms with van der Waals surface area (Å²) in [5.41, 5.74) is 2.36. The van der Waals surface area contributed by atoms with E-state index in [4.69, 9.17) is 0 Å². The molecule has 0 aliphatic carbocycles. The molecule has 3 rings (SSSR count). The van der Waals surface area contributed by atoms with E-state index in [1.807, 2.05) is 35.7 Å². The number of aromatic nitrogens is 1. The lowest BCUT2D eigenvalue weighted by molar-refractivity contribution is 0.403. The zero-order valence-corrected chi connectivity index (χ0v) is 11.8. The topological polar surface area (TPSA) is 65.7 Å². The third kappa shape index (κ3) is 2.93. The molecule has 0 radical (unpaired) electrons. The van der Waals surface area contributed by atoms with E-state index in [1.165, 1.54) is 23.6 Å². The molecular weight excluding hydrogens is 284 g/mol. The van der Waals surface area contributed by atoms with Gasteiger partial charge in [-0.2, -0.15) is 0 Å². The van der Waals surface area contributed by atoms with Crippen LogP contribution in [0.2, 0.25) is 0 Å². The molecule has 1 heterocycles. The first-order valence-corrected chi connectivity index (χ1v) is 7.18. The fourth-order valence-corrected chi connectivity index (χ4v) is 2.51. The number of phenols is 2. The lowest BCUT2D eigenvalue weighted by Crippen LogP contribution is -1.82. The molecule has 0 saturated carbocycles. The van der Waals surface area contributed by atoms with Crippen molar-refractivity contribution in [2.75, 3.05) is 0 Å². The molecule has 3 aromatic rings. The highest BCUT2D eigenvalue weighted by Crippen LogP contribution is 2.29. The van der Waals surface area contributed by atoms with Crippen molar-refractivity contribution in [3.8, 4) is 22.8 Å². The van der Waals surface area contributed by atoms with Gasteiger partial charge in [0.15, 0.2) is 11.5 Å². The average Bonchev–Trinajstić information content (AvgIpc) is 2.99. The summed E-state index contributed by atoms with van der Waals surface area (Å²) in [6.07, 6.45) is 1.49. The van der Waals surface area contributed by atoms with E-state index in [1.54, 1.807) is 12.1 Å². The van der Waals surface area contributed by atoms with Crippen LogP contribution in [0.3, 0.4) is 0 Å². The standard InChI is InChI=1S/C16H12N2O2S/c19-14-8-4-7-12(15(14)20)9-17-16-18-13(10-21-16)11-5-2-1-3-6-11/h1-10,19-20H. The Labute approximate surface area is 125 Å². The molecular formula is C16H12N2O2S. The lowest BCUT2D eigenvalue weighted by Gasteiger charge is -1.99. The summed E-state index contributed by atoms with van der Waals surface area (Å²) in [6, 6.07) is 14.6. The van der Waals surface area contributed by atoms with Gasteiger partial charge >= 0.3 is 0 Å². The summed E-state index contributed by atoms with van der Waals surface area (Å²) in [5, 5.41) is 21.7. The minimum absolute atomic E-state index is 0.164. The van der Waals surface area contributed by atoms with Gasteiger partial charge in [0, 0.05) is 22.7 Å². The van der Waals surface area contributed by atoms with Crippen molar-refractivity contribution < 1.29 is 10.2 Å². The number of aliphatic imine (C=N–C) groups is 1. The number of rotatable bonds is 3. The zero-order valence-electron chi connectivity index (χ0n) is 11.0. The van der Waals surface area contributed by atoms with E-state index in [0.717, 1.165) is 11.3 Å². The third-order valence-corrected chi connectivity index (χ3v) is 3.67. The lowest BCUT2D eigenvalue weighted by atomic mass is 10.2. The fraction of sp³-hybridized carbons (Fsp3) is 0. The van der Waals surface area contributed by atoms with Gasteiger partial charge < -0.3 is 10.2 Å². The second kappa shape index (κ2) is 5.76. The van der Waals surface area contributed by atoms with E-state index < -0.39 is 0 Å². The van der Waals surface area contributed by atoms with Crippen molar-refractivity contribution in [2.24, 2.45) is 4.99 Å². The Morgan fingerprint density at radius 3 is 2.62 bits per heavy atom. The quantitative estimate of drug-likeness (QED) is 0.567. The van der Waals surface area contributed by atoms with Crippen molar-refractivity contribution in [1.82, 2.24) is 4.98 Å². The van der Waals surface area contributed by atoms with Crippen LogP contribution in [-0.2, 0) is 0 Å². The van der Waals surface area contributed by atoms with Crippen LogP contribution < -0.4 is 0 Å². The van der Waals surface area contributed by atoms with Crippen molar-refractivity contribution in [3.05, 3.63) is 59.5 Å². The molecule has 0 fully saturated rings. The highest BCUT2D eigenvalue weighted by molar-refractivity contribution is 7.13. The number of hydrogen-bond donors (Lipinski definition) is 2. The first-order valence-electron chi connectivity index (χ1n) is 6.30. The van der Waals surface area contributed by atoms with Gasteiger partial charge in [-0.3, -0.25) is 0 Å². The Morgan fingerprint density at radius 2 is 1.81 bits per heavy atom. The predicted molar refractivity (Wildman–Crippen MR) is 84.6 cm³/mol. The molecule has 2 aromatic carbocycles. The van der Waals surface area contributed by atoms with Gasteiger partial charge in [0.2, 0.25) is 5.13 Å². The predicted octanol–water partition coefficient (Wildman–Crippen LogP) is 3.97. The minimum atomic E-state index is -0.180. The highest BCUT2D eigenvalue weighted by Gasteiger charge is 2.05. The fourth-order valence-electron chi connectivity index (χ4n) is 1.84. The smallest absolute Gasteiger partial charge is 0.209 e. The normalized spacial score (nSPS) is 11.0. The van der Waals surface area contributed by atoms with Gasteiger partial charge in [0.05, 0.1) is 5.69 Å². The maximum Gasteiger partial charge on any atom is 0.209 e. The molecule has 0 atom stereocenters. The molecule has 0 unspecified atom stereocenters. The Kier molecular flexibility index (Phi) is 3.66. The van der Waals surface area contributed by atoms with E-state index >= 15 is 0 Å². The number of nitrogens with zero attached hydrogens (tertiary/aromatic N) is 2. The van der Waals surface area contributed by atoms with E-state index in [-0.39, 0.29) is 11.5 Å². The molecule has 21 heavy (non-hydrogen) atoms. The summed E-state index contributed by atoms with van der Waals surface area (Å²) in [4.78, 5) is 8.66. The van der Waals surface area contributed by atoms with Gasteiger partial charge in [-0.25, -0.2) is 9.98 Å². The van der Waals surface area contributed by atoms with Crippen LogP contribution in [0.25, 0.3) is 11.3 Å². The summed E-state index contributed by atoms with van der Waals surface area (Å²) in [7, 11) is 0. The molecule has 5 heteroatoms. The summed E-state index contributed by atoms with van der Waals surface area (Å²) in [6.45, 7) is 0. The Bertz CT molecular complexity index is 782. The van der Waals surface area contributed by atoms with Gasteiger partial charge in [0.1, 0.15) is 0 Å². The highest BCUT2D eigenvalue weighted by atomic mass is 32.1. The van der Waals surface area contributed by atoms with Crippen LogP contribution in [0.4, 0.5) is 5.13 Å². The molecule has 104 valence electrons. The number of aromatic hydroxyl groups is 2. The first kappa shape index (κ1) is 13.3. The van der Waals surface area contributed by atoms with Crippen LogP contribution in [0.1, 0.15) is 5.56 Å². The number of benzene rings is 2. The molecule has 0 amide bonds. The Hall–Kier alpha value is -2.66. The molecule has 0 spiro atoms. The second-order valence-corrected chi connectivity index (χ2v) is 5.19. The monoisotopic (exact) mass is 296 g/mol. The maximum atomic E-state index is 9.70. The number of hydrogen-bond acceptors (Lipinski definition) is 5. The van der Waals surface area contributed by atoms with Gasteiger partial charge in [-0.1, -0.05) is 36.4 Å². The molecule has 0 aliphatic heterocycles. The third-order valence-electron chi connectivity index (χ3n) is 2.92. The molecule has 0 saturated heterocycles. The molecule has 0 aliphatic rings. The first-order chi connectivity index (χ1) is 10.2. The van der Waals surface area contributed by atoms with Crippen LogP contribution in [-0.4, -0.2) is 21.4 Å². The SMILES string of the molecule is Oc1cccc(C=Nc2nc(-c3ccccc3)cs2)c1O. The molecule has 2 N–H and O–H groups in total. The van der Waals surface area contributed by atoms with Crippen molar-refractivity contribution in [2.45, 2.75) is 0 Å². The van der Waals surface area contributed by atoms with E-state index in [2.05, 4.69) is 9.98 Å². The number of thiazole rings is 1. The summed E-state index contributed by atoms with van der Waals surface area (Å²) >= 11 is 1.42. The Balaban J connectivity index is 1.85. The maximum absolute atomic E-state index is 9.70. The van der Waals surface area contributed by atoms with Crippen LogP contribution in [0.15, 0.2) is 58.9 Å². The number of para-hydroxylation sites is 1. The van der Waals surface area contributed by atoms with Crippen molar-refractivity contribution in [3.63, 3.8) is 0 Å². The van der Waals surface area contributed by atoms with E-state index in [0.29, 0.717) is 10.7 Å². The van der Waals surface area contributed by atoms with E-state index in [9.17, 15) is 10.2 Å². The van der Waals surface area contributed by atoms with Gasteiger partial charge in [0.25, 0.3) is 0 Å². The molecule has 0 bridgehead atoms. The van der Waals surface area contributed by atoms with Crippen molar-refractivity contribution in [1.29, 1.82) is 0 Å². The summed E-state index contributed by atoms with van der Waals surface area (Å²) < 4.78 is 0. The van der Waals surface area contributed by atoms with Crippen LogP contribution in [0, 0.1) is 0 Å².